The molecule has 0 bridgehead atoms. The number of Topliss-reactive ketones (excluding diaryl/α,β-unsaturated/α-hetero) is 4. The number of rotatable bonds is 0. The van der Waals surface area contributed by atoms with Gasteiger partial charge < -0.3 is 18.9 Å². The molecule has 0 aromatic heterocycles. The van der Waals surface area contributed by atoms with Crippen LogP contribution in [0.2, 0.25) is 0 Å². The first-order chi connectivity index (χ1) is 24.4. The van der Waals surface area contributed by atoms with Gasteiger partial charge in [0.05, 0.1) is 0 Å². The van der Waals surface area contributed by atoms with E-state index in [2.05, 4.69) is 0 Å². The predicted octanol–water partition coefficient (Wildman–Crippen LogP) is 7.80. The van der Waals surface area contributed by atoms with Crippen molar-refractivity contribution >= 4 is 23.1 Å². The summed E-state index contributed by atoms with van der Waals surface area (Å²) in [7, 11) is 0. The molecule has 8 nitrogen and oxygen atoms in total. The molecular weight excluding hydrogens is 632 g/mol. The average molecular weight is 657 g/mol. The van der Waals surface area contributed by atoms with Crippen LogP contribution in [0.5, 0.6) is 23.0 Å². The monoisotopic (exact) mass is 656 g/mol. The molecule has 0 unspecified atom stereocenters. The fraction of sp³-hybridized carbons (Fsp3) is 0.0476. The minimum Gasteiger partial charge on any atom is -0.439 e. The number of ether oxygens (including phenoxy) is 4. The first-order valence-electron chi connectivity index (χ1n) is 15.9. The van der Waals surface area contributed by atoms with Crippen LogP contribution in [-0.4, -0.2) is 34.7 Å². The SMILES string of the molecule is O=C1c2ccccc2C(=O)C12Oc1ccccc1-c1ccccc1O2.O=C1c2ccccc2C(=O)C12Oc1ccccc1-c1ccccc1O2. The van der Waals surface area contributed by atoms with E-state index < -0.39 is 34.7 Å². The number of carbonyl (C=O) groups is 4. The van der Waals surface area contributed by atoms with Crippen molar-refractivity contribution in [3.63, 3.8) is 0 Å². The summed E-state index contributed by atoms with van der Waals surface area (Å²) in [6, 6.07) is 42.6. The zero-order valence-electron chi connectivity index (χ0n) is 26.1. The zero-order valence-corrected chi connectivity index (χ0v) is 26.1. The van der Waals surface area contributed by atoms with E-state index in [1.807, 2.05) is 48.5 Å². The van der Waals surface area contributed by atoms with Crippen molar-refractivity contribution in [2.75, 3.05) is 0 Å². The van der Waals surface area contributed by atoms with Crippen LogP contribution in [0.1, 0.15) is 41.4 Å². The fourth-order valence-electron chi connectivity index (χ4n) is 6.82. The Morgan fingerprint density at radius 1 is 0.260 bits per heavy atom. The summed E-state index contributed by atoms with van der Waals surface area (Å²) in [6.07, 6.45) is 0. The number of benzene rings is 6. The highest BCUT2D eigenvalue weighted by Crippen LogP contribution is 2.47. The molecule has 4 aliphatic rings. The highest BCUT2D eigenvalue weighted by atomic mass is 16.7. The van der Waals surface area contributed by atoms with Crippen molar-refractivity contribution in [2.45, 2.75) is 11.6 Å². The second kappa shape index (κ2) is 10.9. The van der Waals surface area contributed by atoms with Gasteiger partial charge in [0, 0.05) is 44.5 Å². The van der Waals surface area contributed by atoms with Gasteiger partial charge in [-0.05, 0) is 24.3 Å². The Balaban J connectivity index is 0.000000135. The van der Waals surface area contributed by atoms with Gasteiger partial charge in [-0.1, -0.05) is 121 Å². The molecule has 8 heteroatoms. The van der Waals surface area contributed by atoms with Gasteiger partial charge in [0.1, 0.15) is 23.0 Å². The maximum Gasteiger partial charge on any atom is 0.383 e. The van der Waals surface area contributed by atoms with Gasteiger partial charge in [0.15, 0.2) is 0 Å². The molecule has 2 aliphatic heterocycles. The second-order valence-electron chi connectivity index (χ2n) is 12.0. The van der Waals surface area contributed by atoms with Gasteiger partial charge in [-0.15, -0.1) is 0 Å². The van der Waals surface area contributed by atoms with Crippen LogP contribution in [-0.2, 0) is 0 Å². The lowest BCUT2D eigenvalue weighted by Gasteiger charge is -2.26. The second-order valence-corrected chi connectivity index (χ2v) is 12.0. The highest BCUT2D eigenvalue weighted by Gasteiger charge is 2.61. The van der Waals surface area contributed by atoms with Crippen molar-refractivity contribution in [3.8, 4) is 45.3 Å². The molecular formula is C42H24O8. The topological polar surface area (TPSA) is 105 Å². The Labute approximate surface area is 285 Å². The summed E-state index contributed by atoms with van der Waals surface area (Å²) < 4.78 is 23.9. The Morgan fingerprint density at radius 2 is 0.440 bits per heavy atom. The molecule has 6 aromatic carbocycles. The minimum atomic E-state index is -2.01. The lowest BCUT2D eigenvalue weighted by molar-refractivity contribution is -0.0485. The number of hydrogen-bond donors (Lipinski definition) is 0. The maximum atomic E-state index is 13.1. The van der Waals surface area contributed by atoms with E-state index in [4.69, 9.17) is 18.9 Å². The van der Waals surface area contributed by atoms with E-state index >= 15 is 0 Å². The summed E-state index contributed by atoms with van der Waals surface area (Å²) in [5.41, 5.74) is 4.43. The molecule has 0 N–H and O–H groups in total. The Hall–Kier alpha value is -6.80. The third-order valence-corrected chi connectivity index (χ3v) is 9.17. The summed E-state index contributed by atoms with van der Waals surface area (Å²) in [5.74, 6) is -4.12. The van der Waals surface area contributed by atoms with Gasteiger partial charge in [-0.25, -0.2) is 0 Å². The normalized spacial score (nSPS) is 16.3. The number of fused-ring (bicyclic) bond motifs is 8. The molecule has 240 valence electrons. The first kappa shape index (κ1) is 29.3. The van der Waals surface area contributed by atoms with Crippen molar-refractivity contribution in [3.05, 3.63) is 168 Å². The standard InChI is InChI=1S/2C21H12O4/c2*22-19-15-9-1-2-10-16(15)20(23)21(19)24-17-11-5-3-7-13(17)14-8-4-6-12-18(14)25-21/h2*1-12H. The summed E-state index contributed by atoms with van der Waals surface area (Å²) in [5, 5.41) is 0. The molecule has 0 amide bonds. The first-order valence-corrected chi connectivity index (χ1v) is 15.9. The molecule has 10 rings (SSSR count). The van der Waals surface area contributed by atoms with Crippen LogP contribution < -0.4 is 18.9 Å². The van der Waals surface area contributed by atoms with E-state index in [9.17, 15) is 19.2 Å². The lowest BCUT2D eigenvalue weighted by Crippen LogP contribution is -2.52. The summed E-state index contributed by atoms with van der Waals surface area (Å²) in [6.45, 7) is 0. The van der Waals surface area contributed by atoms with Crippen LogP contribution in [0.4, 0.5) is 0 Å². The maximum absolute atomic E-state index is 13.1. The quantitative estimate of drug-likeness (QED) is 0.153. The van der Waals surface area contributed by atoms with Crippen LogP contribution in [0.15, 0.2) is 146 Å². The lowest BCUT2D eigenvalue weighted by atomic mass is 10.0. The van der Waals surface area contributed by atoms with E-state index in [0.29, 0.717) is 45.3 Å². The molecule has 0 atom stereocenters. The highest BCUT2D eigenvalue weighted by molar-refractivity contribution is 6.32. The van der Waals surface area contributed by atoms with E-state index in [0.717, 1.165) is 22.3 Å². The minimum absolute atomic E-state index is 0.323. The smallest absolute Gasteiger partial charge is 0.383 e. The molecule has 0 saturated heterocycles. The van der Waals surface area contributed by atoms with Crippen molar-refractivity contribution in [1.29, 1.82) is 0 Å². The van der Waals surface area contributed by atoms with Crippen LogP contribution in [0.3, 0.4) is 0 Å². The summed E-state index contributed by atoms with van der Waals surface area (Å²) in [4.78, 5) is 52.3. The van der Waals surface area contributed by atoms with E-state index in [1.165, 1.54) is 0 Å². The van der Waals surface area contributed by atoms with Crippen molar-refractivity contribution in [1.82, 2.24) is 0 Å². The number of carbonyl (C=O) groups excluding carboxylic acids is 4. The molecule has 0 fully saturated rings. The van der Waals surface area contributed by atoms with E-state index in [1.54, 1.807) is 97.1 Å². The molecule has 0 radical (unpaired) electrons. The van der Waals surface area contributed by atoms with Crippen LogP contribution in [0.25, 0.3) is 22.3 Å². The van der Waals surface area contributed by atoms with Crippen LogP contribution in [0, 0.1) is 0 Å². The van der Waals surface area contributed by atoms with Crippen molar-refractivity contribution in [2.24, 2.45) is 0 Å². The predicted molar refractivity (Wildman–Crippen MR) is 182 cm³/mol. The summed E-state index contributed by atoms with van der Waals surface area (Å²) >= 11 is 0. The van der Waals surface area contributed by atoms with Gasteiger partial charge in [-0.3, -0.25) is 19.2 Å². The largest absolute Gasteiger partial charge is 0.439 e. The molecule has 0 saturated carbocycles. The molecule has 50 heavy (non-hydrogen) atoms. The van der Waals surface area contributed by atoms with Gasteiger partial charge in [0.2, 0.25) is 0 Å². The molecule has 6 aromatic rings. The fourth-order valence-corrected chi connectivity index (χ4v) is 6.82. The third-order valence-electron chi connectivity index (χ3n) is 9.17. The Kier molecular flexibility index (Phi) is 6.38. The van der Waals surface area contributed by atoms with Gasteiger partial charge >= 0.3 is 11.6 Å². The Bertz CT molecular complexity index is 2100. The Morgan fingerprint density at radius 3 is 0.660 bits per heavy atom. The van der Waals surface area contributed by atoms with Crippen LogP contribution >= 0.6 is 0 Å². The number of hydrogen-bond acceptors (Lipinski definition) is 8. The molecule has 2 spiro atoms. The number of para-hydroxylation sites is 4. The van der Waals surface area contributed by atoms with Gasteiger partial charge in [-0.2, -0.15) is 0 Å². The molecule has 2 heterocycles. The average Bonchev–Trinajstić information content (AvgIpc) is 3.34. The number of ketones is 4. The van der Waals surface area contributed by atoms with Gasteiger partial charge in [0.25, 0.3) is 23.1 Å². The third kappa shape index (κ3) is 4.12. The van der Waals surface area contributed by atoms with E-state index in [-0.39, 0.29) is 0 Å². The molecule has 2 aliphatic carbocycles. The zero-order chi connectivity index (χ0) is 34.0. The van der Waals surface area contributed by atoms with Crippen molar-refractivity contribution < 1.29 is 38.1 Å².